The molecule has 1 aliphatic rings. The minimum absolute atomic E-state index is 0.0219. The Morgan fingerprint density at radius 2 is 2.09 bits per heavy atom. The summed E-state index contributed by atoms with van der Waals surface area (Å²) < 4.78 is 0. The second-order valence-corrected chi connectivity index (χ2v) is 7.07. The van der Waals surface area contributed by atoms with Crippen LogP contribution in [0.25, 0.3) is 0 Å². The first-order chi connectivity index (χ1) is 10.6. The van der Waals surface area contributed by atoms with Crippen molar-refractivity contribution >= 4 is 23.6 Å². The third kappa shape index (κ3) is 5.05. The van der Waals surface area contributed by atoms with Gasteiger partial charge in [-0.25, -0.2) is 0 Å². The van der Waals surface area contributed by atoms with Crippen molar-refractivity contribution < 1.29 is 9.59 Å². The van der Waals surface area contributed by atoms with Crippen LogP contribution in [0, 0.1) is 0 Å². The van der Waals surface area contributed by atoms with E-state index in [1.807, 2.05) is 23.1 Å². The minimum Gasteiger partial charge on any atom is -0.352 e. The van der Waals surface area contributed by atoms with Gasteiger partial charge in [-0.1, -0.05) is 30.3 Å². The van der Waals surface area contributed by atoms with E-state index in [1.165, 1.54) is 12.5 Å². The van der Waals surface area contributed by atoms with Gasteiger partial charge in [0.25, 0.3) is 0 Å². The lowest BCUT2D eigenvalue weighted by atomic mass is 10.1. The number of hydrogen-bond donors (Lipinski definition) is 1. The molecule has 1 N–H and O–H groups in total. The van der Waals surface area contributed by atoms with Crippen molar-refractivity contribution in [1.82, 2.24) is 10.2 Å². The molecule has 2 atom stereocenters. The fraction of sp³-hybridized carbons (Fsp3) is 0.529. The Morgan fingerprint density at radius 3 is 2.77 bits per heavy atom. The van der Waals surface area contributed by atoms with E-state index in [9.17, 15) is 9.59 Å². The van der Waals surface area contributed by atoms with Gasteiger partial charge in [-0.3, -0.25) is 9.59 Å². The van der Waals surface area contributed by atoms with Gasteiger partial charge >= 0.3 is 0 Å². The van der Waals surface area contributed by atoms with E-state index >= 15 is 0 Å². The number of likely N-dealkylation sites (tertiary alicyclic amines) is 1. The molecule has 1 heterocycles. The highest BCUT2D eigenvalue weighted by Gasteiger charge is 2.24. The molecular weight excluding hydrogens is 296 g/mol. The third-order valence-electron chi connectivity index (χ3n) is 3.91. The zero-order valence-electron chi connectivity index (χ0n) is 13.2. The summed E-state index contributed by atoms with van der Waals surface area (Å²) in [5, 5.41) is 3.22. The molecular formula is C17H24N2O2S. The van der Waals surface area contributed by atoms with Crippen molar-refractivity contribution in [1.29, 1.82) is 0 Å². The summed E-state index contributed by atoms with van der Waals surface area (Å²) in [4.78, 5) is 25.4. The van der Waals surface area contributed by atoms with Gasteiger partial charge in [-0.15, -0.1) is 11.8 Å². The highest BCUT2D eigenvalue weighted by Crippen LogP contribution is 2.28. The molecule has 0 radical (unpaired) electrons. The number of benzene rings is 1. The number of piperidine rings is 1. The van der Waals surface area contributed by atoms with Gasteiger partial charge in [-0.05, 0) is 25.3 Å². The van der Waals surface area contributed by atoms with Crippen molar-refractivity contribution in [2.45, 2.75) is 38.0 Å². The lowest BCUT2D eigenvalue weighted by Gasteiger charge is -2.33. The molecule has 1 aromatic carbocycles. The van der Waals surface area contributed by atoms with Crippen molar-refractivity contribution in [2.24, 2.45) is 0 Å². The van der Waals surface area contributed by atoms with Gasteiger partial charge in [0.2, 0.25) is 11.8 Å². The normalized spacial score (nSPS) is 19.5. The van der Waals surface area contributed by atoms with Gasteiger partial charge in [0.15, 0.2) is 0 Å². The maximum atomic E-state index is 12.4. The molecule has 4 nitrogen and oxygen atoms in total. The Labute approximate surface area is 136 Å². The lowest BCUT2D eigenvalue weighted by Crippen LogP contribution is -2.49. The second-order valence-electron chi connectivity index (χ2n) is 5.74. The molecule has 0 spiro atoms. The van der Waals surface area contributed by atoms with Gasteiger partial charge < -0.3 is 10.2 Å². The first-order valence-corrected chi connectivity index (χ1v) is 8.82. The summed E-state index contributed by atoms with van der Waals surface area (Å²) >= 11 is 1.67. The number of carbonyl (C=O) groups is 2. The summed E-state index contributed by atoms with van der Waals surface area (Å²) in [5.41, 5.74) is 1.25. The molecule has 0 saturated carbocycles. The fourth-order valence-corrected chi connectivity index (χ4v) is 3.64. The van der Waals surface area contributed by atoms with E-state index in [2.05, 4.69) is 24.4 Å². The summed E-state index contributed by atoms with van der Waals surface area (Å²) in [6.45, 7) is 5.09. The summed E-state index contributed by atoms with van der Waals surface area (Å²) in [7, 11) is 0. The molecule has 5 heteroatoms. The zero-order chi connectivity index (χ0) is 15.9. The number of nitrogens with zero attached hydrogens (tertiary/aromatic N) is 1. The lowest BCUT2D eigenvalue weighted by molar-refractivity contribution is -0.130. The van der Waals surface area contributed by atoms with Crippen LogP contribution in [0.2, 0.25) is 0 Å². The predicted octanol–water partition coefficient (Wildman–Crippen LogP) is 2.61. The minimum atomic E-state index is -0.0219. The van der Waals surface area contributed by atoms with Crippen LogP contribution in [0.1, 0.15) is 37.5 Å². The van der Waals surface area contributed by atoms with Crippen molar-refractivity contribution in [2.75, 3.05) is 18.8 Å². The van der Waals surface area contributed by atoms with Crippen molar-refractivity contribution in [3.05, 3.63) is 35.9 Å². The van der Waals surface area contributed by atoms with E-state index in [1.54, 1.807) is 11.8 Å². The molecule has 2 amide bonds. The molecule has 22 heavy (non-hydrogen) atoms. The maximum absolute atomic E-state index is 12.4. The number of amides is 2. The maximum Gasteiger partial charge on any atom is 0.232 e. The number of thioether (sulfide) groups is 1. The number of nitrogens with one attached hydrogen (secondary N) is 1. The van der Waals surface area contributed by atoms with Gasteiger partial charge in [0, 0.05) is 31.3 Å². The van der Waals surface area contributed by atoms with Gasteiger partial charge in [0.1, 0.15) is 0 Å². The molecule has 120 valence electrons. The van der Waals surface area contributed by atoms with Crippen LogP contribution in [0.15, 0.2) is 30.3 Å². The van der Waals surface area contributed by atoms with E-state index in [0.29, 0.717) is 17.5 Å². The summed E-state index contributed by atoms with van der Waals surface area (Å²) in [6.07, 6.45) is 1.91. The van der Waals surface area contributed by atoms with Crippen LogP contribution in [0.5, 0.6) is 0 Å². The van der Waals surface area contributed by atoms with Crippen LogP contribution in [-0.4, -0.2) is 41.6 Å². The topological polar surface area (TPSA) is 49.4 Å². The quantitative estimate of drug-likeness (QED) is 0.907. The second kappa shape index (κ2) is 8.22. The van der Waals surface area contributed by atoms with Crippen molar-refractivity contribution in [3.8, 4) is 0 Å². The first-order valence-electron chi connectivity index (χ1n) is 7.77. The smallest absolute Gasteiger partial charge is 0.232 e. The Balaban J connectivity index is 1.80. The standard InChI is InChI=1S/C17H24N2O2S/c1-13(15-7-4-3-5-8-15)22-12-17(21)19-10-6-9-16(11-19)18-14(2)20/h3-5,7-8,13,16H,6,9-12H2,1-2H3,(H,18,20)/t13-,16+/m0/s1. The van der Waals surface area contributed by atoms with Gasteiger partial charge in [-0.2, -0.15) is 0 Å². The summed E-state index contributed by atoms with van der Waals surface area (Å²) in [6, 6.07) is 10.3. The molecule has 2 rings (SSSR count). The Hall–Kier alpha value is -1.49. The average molecular weight is 320 g/mol. The summed E-state index contributed by atoms with van der Waals surface area (Å²) in [5.74, 6) is 0.636. The predicted molar refractivity (Wildman–Crippen MR) is 90.7 cm³/mol. The van der Waals surface area contributed by atoms with E-state index < -0.39 is 0 Å². The highest BCUT2D eigenvalue weighted by atomic mass is 32.2. The molecule has 1 fully saturated rings. The molecule has 0 aliphatic carbocycles. The molecule has 1 aliphatic heterocycles. The first kappa shape index (κ1) is 16.9. The molecule has 0 aromatic heterocycles. The largest absolute Gasteiger partial charge is 0.352 e. The SMILES string of the molecule is CC(=O)N[C@@H]1CCCN(C(=O)CS[C@@H](C)c2ccccc2)C1. The number of hydrogen-bond acceptors (Lipinski definition) is 3. The highest BCUT2D eigenvalue weighted by molar-refractivity contribution is 8.00. The van der Waals surface area contributed by atoms with E-state index in [-0.39, 0.29) is 17.9 Å². The molecule has 0 unspecified atom stereocenters. The average Bonchev–Trinajstić information content (AvgIpc) is 2.52. The van der Waals surface area contributed by atoms with Crippen molar-refractivity contribution in [3.63, 3.8) is 0 Å². The van der Waals surface area contributed by atoms with E-state index in [0.717, 1.165) is 19.4 Å². The number of rotatable bonds is 5. The monoisotopic (exact) mass is 320 g/mol. The van der Waals surface area contributed by atoms with Crippen LogP contribution in [0.3, 0.4) is 0 Å². The Bertz CT molecular complexity index is 507. The van der Waals surface area contributed by atoms with Gasteiger partial charge in [0.05, 0.1) is 5.75 Å². The fourth-order valence-electron chi connectivity index (χ4n) is 2.72. The molecule has 1 saturated heterocycles. The van der Waals surface area contributed by atoms with Crippen LogP contribution in [0.4, 0.5) is 0 Å². The molecule has 1 aromatic rings. The van der Waals surface area contributed by atoms with E-state index in [4.69, 9.17) is 0 Å². The van der Waals surface area contributed by atoms with Crippen LogP contribution in [-0.2, 0) is 9.59 Å². The Kier molecular flexibility index (Phi) is 6.31. The van der Waals surface area contributed by atoms with Crippen LogP contribution < -0.4 is 5.32 Å². The Morgan fingerprint density at radius 1 is 1.36 bits per heavy atom. The number of carbonyl (C=O) groups excluding carboxylic acids is 2. The zero-order valence-corrected chi connectivity index (χ0v) is 14.1. The van der Waals surface area contributed by atoms with Crippen LogP contribution >= 0.6 is 11.8 Å². The molecule has 0 bridgehead atoms. The third-order valence-corrected chi connectivity index (χ3v) is 5.09.